The van der Waals surface area contributed by atoms with Crippen molar-refractivity contribution in [2.45, 2.75) is 26.7 Å². The van der Waals surface area contributed by atoms with E-state index in [0.717, 1.165) is 24.3 Å². The van der Waals surface area contributed by atoms with Gasteiger partial charge in [0.05, 0.1) is 13.2 Å². The van der Waals surface area contributed by atoms with E-state index in [1.165, 1.54) is 22.3 Å². The molecule has 0 amide bonds. The Labute approximate surface area is 120 Å². The lowest BCUT2D eigenvalue weighted by Crippen LogP contribution is -2.11. The monoisotopic (exact) mass is 268 g/mol. The van der Waals surface area contributed by atoms with Crippen LogP contribution in [0.2, 0.25) is 0 Å². The van der Waals surface area contributed by atoms with Gasteiger partial charge in [-0.15, -0.1) is 0 Å². The Morgan fingerprint density at radius 1 is 0.750 bits per heavy atom. The van der Waals surface area contributed by atoms with Crippen molar-refractivity contribution in [1.82, 2.24) is 0 Å². The summed E-state index contributed by atoms with van der Waals surface area (Å²) in [5.41, 5.74) is 5.37. The van der Waals surface area contributed by atoms with Crippen LogP contribution in [0.4, 0.5) is 0 Å². The number of fused-ring (bicyclic) bond motifs is 2. The molecule has 0 aromatic heterocycles. The van der Waals surface area contributed by atoms with Gasteiger partial charge in [-0.3, -0.25) is 0 Å². The largest absolute Gasteiger partial charge is 0.494 e. The van der Waals surface area contributed by atoms with E-state index in [0.29, 0.717) is 13.2 Å². The van der Waals surface area contributed by atoms with Gasteiger partial charge >= 0.3 is 0 Å². The van der Waals surface area contributed by atoms with Crippen molar-refractivity contribution < 1.29 is 9.47 Å². The third-order valence-electron chi connectivity index (χ3n) is 3.79. The van der Waals surface area contributed by atoms with Crippen LogP contribution in [0.15, 0.2) is 36.4 Å². The number of hydrogen-bond donors (Lipinski definition) is 0. The summed E-state index contributed by atoms with van der Waals surface area (Å²) in [4.78, 5) is 0. The van der Waals surface area contributed by atoms with Crippen molar-refractivity contribution >= 4 is 0 Å². The summed E-state index contributed by atoms with van der Waals surface area (Å²) in [5, 5.41) is 0. The lowest BCUT2D eigenvalue weighted by atomic mass is 9.85. The molecule has 0 bridgehead atoms. The summed E-state index contributed by atoms with van der Waals surface area (Å²) in [5.74, 6) is 2.03. The first-order valence-electron chi connectivity index (χ1n) is 7.30. The minimum Gasteiger partial charge on any atom is -0.494 e. The molecule has 2 nitrogen and oxygen atoms in total. The highest BCUT2D eigenvalue weighted by molar-refractivity contribution is 5.54. The zero-order chi connectivity index (χ0) is 13.9. The summed E-state index contributed by atoms with van der Waals surface area (Å²) in [6, 6.07) is 12.7. The van der Waals surface area contributed by atoms with E-state index in [4.69, 9.17) is 9.47 Å². The molecular weight excluding hydrogens is 248 g/mol. The predicted octanol–water partition coefficient (Wildman–Crippen LogP) is 3.98. The predicted molar refractivity (Wildman–Crippen MR) is 80.8 cm³/mol. The maximum Gasteiger partial charge on any atom is 0.123 e. The van der Waals surface area contributed by atoms with Crippen LogP contribution in [-0.4, -0.2) is 13.2 Å². The first-order valence-corrected chi connectivity index (χ1v) is 7.30. The summed E-state index contributed by atoms with van der Waals surface area (Å²) in [6.07, 6.45) is 1.86. The number of benzene rings is 2. The molecule has 2 aromatic rings. The van der Waals surface area contributed by atoms with Gasteiger partial charge < -0.3 is 9.47 Å². The van der Waals surface area contributed by atoms with E-state index < -0.39 is 0 Å². The number of hydrogen-bond acceptors (Lipinski definition) is 2. The minimum absolute atomic E-state index is 0.705. The molecule has 2 aromatic carbocycles. The first-order chi connectivity index (χ1) is 9.83. The van der Waals surface area contributed by atoms with E-state index >= 15 is 0 Å². The topological polar surface area (TPSA) is 18.5 Å². The van der Waals surface area contributed by atoms with Gasteiger partial charge in [0.25, 0.3) is 0 Å². The standard InChI is InChI=1S/C18H20O2/c1-3-19-17-9-5-7-13-11-14-8-6-10-18(20-4-2)16(14)12-15(13)17/h5-10H,3-4,11-12H2,1-2H3. The zero-order valence-electron chi connectivity index (χ0n) is 12.1. The third kappa shape index (κ3) is 2.26. The molecule has 0 spiro atoms. The fourth-order valence-corrected chi connectivity index (χ4v) is 2.92. The fourth-order valence-electron chi connectivity index (χ4n) is 2.92. The molecule has 0 saturated heterocycles. The molecule has 0 radical (unpaired) electrons. The second kappa shape index (κ2) is 5.58. The number of rotatable bonds is 4. The van der Waals surface area contributed by atoms with Crippen molar-refractivity contribution in [3.05, 3.63) is 58.7 Å². The van der Waals surface area contributed by atoms with Crippen LogP contribution in [0, 0.1) is 0 Å². The first kappa shape index (κ1) is 13.0. The van der Waals surface area contributed by atoms with Crippen LogP contribution in [-0.2, 0) is 12.8 Å². The van der Waals surface area contributed by atoms with Crippen LogP contribution in [0.3, 0.4) is 0 Å². The highest BCUT2D eigenvalue weighted by atomic mass is 16.5. The van der Waals surface area contributed by atoms with Gasteiger partial charge in [-0.25, -0.2) is 0 Å². The van der Waals surface area contributed by atoms with Crippen LogP contribution in [0.25, 0.3) is 0 Å². The molecule has 0 fully saturated rings. The maximum atomic E-state index is 5.78. The van der Waals surface area contributed by atoms with Gasteiger partial charge in [0.2, 0.25) is 0 Å². The molecule has 0 heterocycles. The minimum atomic E-state index is 0.705. The van der Waals surface area contributed by atoms with Crippen molar-refractivity contribution in [3.63, 3.8) is 0 Å². The van der Waals surface area contributed by atoms with Crippen molar-refractivity contribution in [2.75, 3.05) is 13.2 Å². The summed E-state index contributed by atoms with van der Waals surface area (Å²) >= 11 is 0. The van der Waals surface area contributed by atoms with Crippen LogP contribution in [0.1, 0.15) is 36.1 Å². The van der Waals surface area contributed by atoms with E-state index in [9.17, 15) is 0 Å². The summed E-state index contributed by atoms with van der Waals surface area (Å²) < 4.78 is 11.6. The normalized spacial score (nSPS) is 12.5. The molecule has 3 rings (SSSR count). The lowest BCUT2D eigenvalue weighted by molar-refractivity contribution is 0.332. The van der Waals surface area contributed by atoms with E-state index in [1.807, 2.05) is 13.8 Å². The average Bonchev–Trinajstić information content (AvgIpc) is 2.47. The molecule has 2 heteroatoms. The molecule has 1 aliphatic rings. The van der Waals surface area contributed by atoms with Gasteiger partial charge in [0, 0.05) is 17.5 Å². The SMILES string of the molecule is CCOc1cccc2c1Cc1c(cccc1OCC)C2. The Bertz CT molecular complexity index is 563. The Morgan fingerprint density at radius 3 is 1.70 bits per heavy atom. The molecule has 0 unspecified atom stereocenters. The van der Waals surface area contributed by atoms with Crippen LogP contribution in [0.5, 0.6) is 11.5 Å². The molecule has 0 N–H and O–H groups in total. The van der Waals surface area contributed by atoms with Gasteiger partial charge in [-0.1, -0.05) is 24.3 Å². The Balaban J connectivity index is 2.03. The second-order valence-electron chi connectivity index (χ2n) is 5.01. The molecule has 1 aliphatic carbocycles. The van der Waals surface area contributed by atoms with Gasteiger partial charge in [-0.05, 0) is 43.5 Å². The molecule has 0 atom stereocenters. The molecule has 0 saturated carbocycles. The Hall–Kier alpha value is -1.96. The molecule has 20 heavy (non-hydrogen) atoms. The van der Waals surface area contributed by atoms with Crippen molar-refractivity contribution in [2.24, 2.45) is 0 Å². The van der Waals surface area contributed by atoms with E-state index in [1.54, 1.807) is 0 Å². The number of ether oxygens (including phenoxy) is 2. The maximum absolute atomic E-state index is 5.78. The van der Waals surface area contributed by atoms with Crippen LogP contribution < -0.4 is 9.47 Å². The lowest BCUT2D eigenvalue weighted by Gasteiger charge is -2.24. The van der Waals surface area contributed by atoms with E-state index in [-0.39, 0.29) is 0 Å². The summed E-state index contributed by atoms with van der Waals surface area (Å²) in [7, 11) is 0. The zero-order valence-corrected chi connectivity index (χ0v) is 12.1. The fraction of sp³-hybridized carbons (Fsp3) is 0.333. The van der Waals surface area contributed by atoms with Crippen LogP contribution >= 0.6 is 0 Å². The van der Waals surface area contributed by atoms with Gasteiger partial charge in [0.15, 0.2) is 0 Å². The van der Waals surface area contributed by atoms with Gasteiger partial charge in [-0.2, -0.15) is 0 Å². The smallest absolute Gasteiger partial charge is 0.123 e. The second-order valence-corrected chi connectivity index (χ2v) is 5.01. The molecular formula is C18H20O2. The molecule has 0 aliphatic heterocycles. The third-order valence-corrected chi connectivity index (χ3v) is 3.79. The highest BCUT2D eigenvalue weighted by Crippen LogP contribution is 2.37. The highest BCUT2D eigenvalue weighted by Gasteiger charge is 2.21. The molecule has 104 valence electrons. The van der Waals surface area contributed by atoms with Gasteiger partial charge in [0.1, 0.15) is 11.5 Å². The quantitative estimate of drug-likeness (QED) is 0.712. The Morgan fingerprint density at radius 2 is 1.25 bits per heavy atom. The Kier molecular flexibility index (Phi) is 3.64. The van der Waals surface area contributed by atoms with Crippen molar-refractivity contribution in [1.29, 1.82) is 0 Å². The summed E-state index contributed by atoms with van der Waals surface area (Å²) in [6.45, 7) is 5.47. The van der Waals surface area contributed by atoms with Crippen molar-refractivity contribution in [3.8, 4) is 11.5 Å². The average molecular weight is 268 g/mol. The van der Waals surface area contributed by atoms with E-state index in [2.05, 4.69) is 36.4 Å².